The lowest BCUT2D eigenvalue weighted by atomic mass is 9.98. The van der Waals surface area contributed by atoms with Gasteiger partial charge in [-0.1, -0.05) is 66.5 Å². The molecule has 0 heterocycles. The van der Waals surface area contributed by atoms with Gasteiger partial charge in [0.05, 0.1) is 5.69 Å². The highest BCUT2D eigenvalue weighted by atomic mass is 35.5. The molecule has 0 saturated carbocycles. The van der Waals surface area contributed by atoms with E-state index in [1.165, 1.54) is 11.8 Å². The van der Waals surface area contributed by atoms with Crippen LogP contribution in [0.4, 0.5) is 11.4 Å². The maximum absolute atomic E-state index is 14.0. The largest absolute Gasteiger partial charge is 0.354 e. The highest BCUT2D eigenvalue weighted by Crippen LogP contribution is 2.36. The van der Waals surface area contributed by atoms with Gasteiger partial charge < -0.3 is 5.32 Å². The normalized spacial score (nSPS) is 11.2. The fourth-order valence-corrected chi connectivity index (χ4v) is 3.95. The molecule has 3 rings (SSSR count). The number of carbonyl (C=O) groups is 3. The number of ketones is 1. The second-order valence-corrected chi connectivity index (χ2v) is 8.49. The van der Waals surface area contributed by atoms with E-state index in [0.29, 0.717) is 17.1 Å². The number of rotatable bonds is 10. The molecule has 0 aliphatic heterocycles. The summed E-state index contributed by atoms with van der Waals surface area (Å²) in [5.74, 6) is -1.26. The minimum atomic E-state index is -1.23. The quantitative estimate of drug-likeness (QED) is 0.108. The second kappa shape index (κ2) is 12.5. The Labute approximate surface area is 214 Å². The Morgan fingerprint density at radius 2 is 1.69 bits per heavy atom. The molecule has 0 bridgehead atoms. The number of hydrogen-bond acceptors (Lipinski definition) is 4. The van der Waals surface area contributed by atoms with Crippen molar-refractivity contribution >= 4 is 40.6 Å². The number of para-hydroxylation sites is 1. The van der Waals surface area contributed by atoms with Gasteiger partial charge in [-0.25, -0.2) is 0 Å². The molecule has 0 aliphatic rings. The van der Waals surface area contributed by atoms with Crippen LogP contribution in [0.15, 0.2) is 77.9 Å². The first kappa shape index (κ1) is 26.5. The van der Waals surface area contributed by atoms with Gasteiger partial charge in [0, 0.05) is 33.3 Å². The zero-order valence-corrected chi connectivity index (χ0v) is 20.8. The van der Waals surface area contributed by atoms with Crippen LogP contribution >= 0.6 is 11.6 Å². The number of benzene rings is 3. The van der Waals surface area contributed by atoms with Crippen molar-refractivity contribution in [2.24, 2.45) is 5.11 Å². The molecule has 0 saturated heterocycles. The molecule has 184 valence electrons. The highest BCUT2D eigenvalue weighted by Gasteiger charge is 2.36. The van der Waals surface area contributed by atoms with Crippen molar-refractivity contribution in [2.45, 2.75) is 32.7 Å². The number of nitrogens with one attached hydrogen (secondary N) is 1. The Bertz CT molecular complexity index is 1300. The molecule has 0 aromatic heterocycles. The zero-order chi connectivity index (χ0) is 26.1. The molecule has 3 aromatic rings. The molecule has 0 spiro atoms. The molecule has 1 N–H and O–H groups in total. The molecular weight excluding hydrogens is 478 g/mol. The topological polar surface area (TPSA) is 115 Å². The number of nitrogens with zero attached hydrogens (tertiary/aromatic N) is 4. The SMILES string of the molecule is CCCCNC(=O)C(c1ccccc1N=[N+]=[N-])N(C(=O)c1ccc(Cl)cc1)c1ccccc1C(C)=O. The molecule has 2 amide bonds. The van der Waals surface area contributed by atoms with Crippen LogP contribution in [0.2, 0.25) is 5.02 Å². The Balaban J connectivity index is 2.30. The number of unbranched alkanes of at least 4 members (excludes halogenated alkanes) is 1. The van der Waals surface area contributed by atoms with Crippen LogP contribution in [0.5, 0.6) is 0 Å². The minimum Gasteiger partial charge on any atom is -0.354 e. The predicted molar refractivity (Wildman–Crippen MR) is 141 cm³/mol. The Morgan fingerprint density at radius 3 is 2.36 bits per heavy atom. The van der Waals surface area contributed by atoms with E-state index in [-0.39, 0.29) is 28.3 Å². The Morgan fingerprint density at radius 1 is 1.03 bits per heavy atom. The summed E-state index contributed by atoms with van der Waals surface area (Å²) in [6.45, 7) is 3.79. The van der Waals surface area contributed by atoms with Crippen LogP contribution in [0.3, 0.4) is 0 Å². The lowest BCUT2D eigenvalue weighted by molar-refractivity contribution is -0.122. The number of azide groups is 1. The van der Waals surface area contributed by atoms with E-state index in [9.17, 15) is 14.4 Å². The maximum Gasteiger partial charge on any atom is 0.259 e. The van der Waals surface area contributed by atoms with Gasteiger partial charge in [-0.15, -0.1) is 0 Å². The molecule has 3 aromatic carbocycles. The number of amides is 2. The molecule has 0 radical (unpaired) electrons. The van der Waals surface area contributed by atoms with Crippen molar-refractivity contribution in [3.8, 4) is 0 Å². The van der Waals surface area contributed by atoms with E-state index < -0.39 is 17.9 Å². The summed E-state index contributed by atoms with van der Waals surface area (Å²) in [5, 5.41) is 7.10. The summed E-state index contributed by atoms with van der Waals surface area (Å²) < 4.78 is 0. The average molecular weight is 504 g/mol. The number of anilines is 1. The van der Waals surface area contributed by atoms with Crippen molar-refractivity contribution in [1.82, 2.24) is 5.32 Å². The summed E-state index contributed by atoms with van der Waals surface area (Å²) in [6, 6.07) is 18.2. The van der Waals surface area contributed by atoms with Gasteiger partial charge in [0.25, 0.3) is 5.91 Å². The minimum absolute atomic E-state index is 0.199. The third kappa shape index (κ3) is 6.10. The fourth-order valence-electron chi connectivity index (χ4n) is 3.82. The number of halogens is 1. The third-order valence-corrected chi connectivity index (χ3v) is 5.82. The van der Waals surface area contributed by atoms with Gasteiger partial charge in [0.15, 0.2) is 5.78 Å². The lowest BCUT2D eigenvalue weighted by Crippen LogP contribution is -2.45. The monoisotopic (exact) mass is 503 g/mol. The van der Waals surface area contributed by atoms with Crippen LogP contribution < -0.4 is 10.2 Å². The maximum atomic E-state index is 14.0. The van der Waals surface area contributed by atoms with Crippen molar-refractivity contribution in [1.29, 1.82) is 0 Å². The number of hydrogen-bond donors (Lipinski definition) is 1. The molecule has 36 heavy (non-hydrogen) atoms. The summed E-state index contributed by atoms with van der Waals surface area (Å²) in [6.07, 6.45) is 1.60. The van der Waals surface area contributed by atoms with E-state index >= 15 is 0 Å². The van der Waals surface area contributed by atoms with Crippen LogP contribution in [0.1, 0.15) is 59.0 Å². The first-order valence-corrected chi connectivity index (χ1v) is 11.9. The first-order valence-electron chi connectivity index (χ1n) is 11.5. The molecule has 9 heteroatoms. The van der Waals surface area contributed by atoms with Crippen molar-refractivity contribution in [3.63, 3.8) is 0 Å². The van der Waals surface area contributed by atoms with Gasteiger partial charge in [-0.2, -0.15) is 0 Å². The van der Waals surface area contributed by atoms with E-state index in [2.05, 4.69) is 15.3 Å². The van der Waals surface area contributed by atoms with E-state index in [1.54, 1.807) is 72.8 Å². The summed E-state index contributed by atoms with van der Waals surface area (Å²) >= 11 is 6.03. The Hall–Kier alpha value is -4.13. The number of Topliss-reactive ketones (excluding diaryl/α,β-unsaturated/α-hetero) is 1. The van der Waals surface area contributed by atoms with Gasteiger partial charge in [0.1, 0.15) is 6.04 Å². The van der Waals surface area contributed by atoms with E-state index in [1.807, 2.05) is 6.92 Å². The summed E-state index contributed by atoms with van der Waals surface area (Å²) in [4.78, 5) is 44.5. The third-order valence-electron chi connectivity index (χ3n) is 5.57. The van der Waals surface area contributed by atoms with Gasteiger partial charge in [-0.05, 0) is 60.8 Å². The molecule has 0 fully saturated rings. The molecule has 1 unspecified atom stereocenters. The molecule has 1 atom stereocenters. The van der Waals surface area contributed by atoms with Gasteiger partial charge in [0.2, 0.25) is 5.91 Å². The van der Waals surface area contributed by atoms with E-state index in [0.717, 1.165) is 12.8 Å². The van der Waals surface area contributed by atoms with Crippen molar-refractivity contribution < 1.29 is 14.4 Å². The second-order valence-electron chi connectivity index (χ2n) is 8.05. The number of carbonyl (C=O) groups excluding carboxylic acids is 3. The van der Waals surface area contributed by atoms with Crippen LogP contribution in [0.25, 0.3) is 10.4 Å². The summed E-state index contributed by atoms with van der Waals surface area (Å²) in [5.41, 5.74) is 10.5. The first-order chi connectivity index (χ1) is 17.4. The molecule has 0 aliphatic carbocycles. The van der Waals surface area contributed by atoms with Crippen molar-refractivity contribution in [3.05, 3.63) is 105 Å². The lowest BCUT2D eigenvalue weighted by Gasteiger charge is -2.33. The molecule has 8 nitrogen and oxygen atoms in total. The smallest absolute Gasteiger partial charge is 0.259 e. The van der Waals surface area contributed by atoms with Gasteiger partial charge >= 0.3 is 0 Å². The summed E-state index contributed by atoms with van der Waals surface area (Å²) in [7, 11) is 0. The highest BCUT2D eigenvalue weighted by molar-refractivity contribution is 6.30. The average Bonchev–Trinajstić information content (AvgIpc) is 2.88. The van der Waals surface area contributed by atoms with Crippen LogP contribution in [-0.2, 0) is 4.79 Å². The Kier molecular flexibility index (Phi) is 9.22. The van der Waals surface area contributed by atoms with Crippen LogP contribution in [-0.4, -0.2) is 24.1 Å². The fraction of sp³-hybridized carbons (Fsp3) is 0.222. The predicted octanol–water partition coefficient (Wildman–Crippen LogP) is 6.79. The zero-order valence-electron chi connectivity index (χ0n) is 20.0. The standard InChI is InChI=1S/C27H26ClN5O3/c1-3-4-17-30-26(35)25(22-10-5-7-11-23(22)31-32-29)33(24-12-8-6-9-21(24)18(2)34)27(36)19-13-15-20(28)16-14-19/h5-16,25H,3-4,17H2,1-2H3,(H,30,35). The van der Waals surface area contributed by atoms with Gasteiger partial charge in [-0.3, -0.25) is 19.3 Å². The molecular formula is C27H26ClN5O3. The van der Waals surface area contributed by atoms with Crippen LogP contribution in [0, 0.1) is 0 Å². The van der Waals surface area contributed by atoms with Crippen molar-refractivity contribution in [2.75, 3.05) is 11.4 Å². The van der Waals surface area contributed by atoms with E-state index in [4.69, 9.17) is 17.1 Å².